The molecule has 0 spiro atoms. The smallest absolute Gasteiger partial charge is 0.195 e. The number of imidazole rings is 1. The van der Waals surface area contributed by atoms with Crippen molar-refractivity contribution in [1.29, 1.82) is 5.26 Å². The number of aliphatic hydroxyl groups is 1. The van der Waals surface area contributed by atoms with E-state index in [-0.39, 0.29) is 16.3 Å². The lowest BCUT2D eigenvalue weighted by molar-refractivity contribution is 0.511. The zero-order chi connectivity index (χ0) is 19.0. The summed E-state index contributed by atoms with van der Waals surface area (Å²) in [5, 5.41) is 23.4. The molecule has 0 radical (unpaired) electrons. The van der Waals surface area contributed by atoms with Crippen molar-refractivity contribution in [2.45, 2.75) is 6.92 Å². The molecule has 0 aliphatic heterocycles. The lowest BCUT2D eigenvalue weighted by atomic mass is 10.2. The van der Waals surface area contributed by atoms with E-state index in [1.807, 2.05) is 72.0 Å². The highest BCUT2D eigenvalue weighted by Gasteiger charge is 2.21. The van der Waals surface area contributed by atoms with Crippen molar-refractivity contribution in [3.8, 4) is 6.07 Å². The van der Waals surface area contributed by atoms with Gasteiger partial charge in [0.25, 0.3) is 0 Å². The van der Waals surface area contributed by atoms with Crippen molar-refractivity contribution in [2.75, 3.05) is 5.32 Å². The van der Waals surface area contributed by atoms with Crippen LogP contribution in [0.3, 0.4) is 0 Å². The second-order valence-corrected chi connectivity index (χ2v) is 7.28. The SMILES string of the molecule is Cc1c(/C(O)=C(/C#N)C(=S)Nc2ccccc2)sc2nc3ccccc3n12. The quantitative estimate of drug-likeness (QED) is 0.221. The number of aromatic nitrogens is 2. The van der Waals surface area contributed by atoms with Crippen LogP contribution < -0.4 is 5.32 Å². The fraction of sp³-hybridized carbons (Fsp3) is 0.0500. The Morgan fingerprint density at radius 2 is 1.89 bits per heavy atom. The molecule has 0 bridgehead atoms. The summed E-state index contributed by atoms with van der Waals surface area (Å²) in [6.45, 7) is 1.89. The highest BCUT2D eigenvalue weighted by Crippen LogP contribution is 2.32. The lowest BCUT2D eigenvalue weighted by Crippen LogP contribution is -2.13. The number of rotatable bonds is 3. The molecule has 4 aromatic rings. The van der Waals surface area contributed by atoms with Gasteiger partial charge in [-0.3, -0.25) is 4.40 Å². The molecule has 132 valence electrons. The number of anilines is 1. The minimum Gasteiger partial charge on any atom is -0.505 e. The molecule has 7 heteroatoms. The third kappa shape index (κ3) is 2.95. The second kappa shape index (κ2) is 6.83. The van der Waals surface area contributed by atoms with Gasteiger partial charge in [0.2, 0.25) is 0 Å². The monoisotopic (exact) mass is 390 g/mol. The molecular weight excluding hydrogens is 376 g/mol. The first-order valence-electron chi connectivity index (χ1n) is 8.17. The predicted molar refractivity (Wildman–Crippen MR) is 113 cm³/mol. The molecule has 0 atom stereocenters. The molecule has 27 heavy (non-hydrogen) atoms. The molecule has 0 amide bonds. The summed E-state index contributed by atoms with van der Waals surface area (Å²) < 4.78 is 1.98. The molecule has 0 unspecified atom stereocenters. The number of para-hydroxylation sites is 3. The number of nitrogens with one attached hydrogen (secondary N) is 1. The molecule has 5 nitrogen and oxygen atoms in total. The molecule has 2 aromatic carbocycles. The molecular formula is C20H14N4OS2. The van der Waals surface area contributed by atoms with E-state index < -0.39 is 0 Å². The van der Waals surface area contributed by atoms with Crippen LogP contribution in [0.15, 0.2) is 60.2 Å². The summed E-state index contributed by atoms with van der Waals surface area (Å²) in [5.74, 6) is -0.136. The van der Waals surface area contributed by atoms with Crippen molar-refractivity contribution in [3.05, 3.63) is 70.7 Å². The van der Waals surface area contributed by atoms with Crippen LogP contribution in [0.5, 0.6) is 0 Å². The summed E-state index contributed by atoms with van der Waals surface area (Å²) in [4.78, 5) is 6.11. The van der Waals surface area contributed by atoms with Crippen LogP contribution >= 0.6 is 23.6 Å². The molecule has 0 aliphatic carbocycles. The van der Waals surface area contributed by atoms with Gasteiger partial charge in [-0.15, -0.1) is 0 Å². The Balaban J connectivity index is 1.79. The van der Waals surface area contributed by atoms with Crippen LogP contribution in [0.2, 0.25) is 0 Å². The van der Waals surface area contributed by atoms with Crippen LogP contribution in [0, 0.1) is 18.3 Å². The maximum absolute atomic E-state index is 10.8. The van der Waals surface area contributed by atoms with E-state index in [4.69, 9.17) is 12.2 Å². The van der Waals surface area contributed by atoms with E-state index in [0.29, 0.717) is 4.88 Å². The van der Waals surface area contributed by atoms with Crippen LogP contribution in [-0.2, 0) is 0 Å². The van der Waals surface area contributed by atoms with Crippen molar-refractivity contribution in [3.63, 3.8) is 0 Å². The standard InChI is InChI=1S/C20H14N4OS2/c1-12-18(27-20-23-15-9-5-6-10-16(15)24(12)20)17(25)14(11-21)19(26)22-13-7-3-2-4-8-13/h2-10,25H,1H3,(H,22,26)/b17-14+. The van der Waals surface area contributed by atoms with Crippen molar-refractivity contribution >= 4 is 56.0 Å². The van der Waals surface area contributed by atoms with Gasteiger partial charge in [-0.05, 0) is 31.2 Å². The minimum absolute atomic E-state index is 0.0331. The van der Waals surface area contributed by atoms with Crippen molar-refractivity contribution < 1.29 is 5.11 Å². The molecule has 2 heterocycles. The maximum Gasteiger partial charge on any atom is 0.195 e. The first-order chi connectivity index (χ1) is 13.1. The third-order valence-corrected chi connectivity index (χ3v) is 5.67. The van der Waals surface area contributed by atoms with Gasteiger partial charge >= 0.3 is 0 Å². The number of aryl methyl sites for hydroxylation is 1. The maximum atomic E-state index is 10.8. The highest BCUT2D eigenvalue weighted by atomic mass is 32.1. The van der Waals surface area contributed by atoms with Gasteiger partial charge < -0.3 is 10.4 Å². The van der Waals surface area contributed by atoms with Crippen LogP contribution in [-0.4, -0.2) is 19.5 Å². The van der Waals surface area contributed by atoms with E-state index >= 15 is 0 Å². The number of nitrogens with zero attached hydrogens (tertiary/aromatic N) is 3. The van der Waals surface area contributed by atoms with Gasteiger partial charge in [-0.2, -0.15) is 5.26 Å². The van der Waals surface area contributed by atoms with Crippen LogP contribution in [0.4, 0.5) is 5.69 Å². The van der Waals surface area contributed by atoms with Crippen LogP contribution in [0.25, 0.3) is 21.8 Å². The number of hydrogen-bond donors (Lipinski definition) is 2. The van der Waals surface area contributed by atoms with E-state index in [2.05, 4.69) is 10.3 Å². The molecule has 4 rings (SSSR count). The first-order valence-corrected chi connectivity index (χ1v) is 9.39. The Bertz CT molecular complexity index is 1250. The summed E-state index contributed by atoms with van der Waals surface area (Å²) in [6.07, 6.45) is 0. The minimum atomic E-state index is -0.136. The number of nitriles is 1. The van der Waals surface area contributed by atoms with Gasteiger partial charge in [0.1, 0.15) is 16.6 Å². The van der Waals surface area contributed by atoms with Crippen LogP contribution in [0.1, 0.15) is 10.6 Å². The largest absolute Gasteiger partial charge is 0.505 e. The van der Waals surface area contributed by atoms with E-state index in [1.54, 1.807) is 0 Å². The molecule has 0 saturated carbocycles. The van der Waals surface area contributed by atoms with Crippen molar-refractivity contribution in [1.82, 2.24) is 9.38 Å². The van der Waals surface area contributed by atoms with E-state index in [1.165, 1.54) is 11.3 Å². The summed E-state index contributed by atoms with van der Waals surface area (Å²) in [5.41, 5.74) is 3.46. The van der Waals surface area contributed by atoms with Crippen molar-refractivity contribution in [2.24, 2.45) is 0 Å². The normalized spacial score (nSPS) is 12.0. The number of fused-ring (bicyclic) bond motifs is 3. The Kier molecular flexibility index (Phi) is 4.36. The molecule has 0 saturated heterocycles. The molecule has 0 fully saturated rings. The number of thiazole rings is 1. The Morgan fingerprint density at radius 1 is 1.19 bits per heavy atom. The topological polar surface area (TPSA) is 73.3 Å². The van der Waals surface area contributed by atoms with Gasteiger partial charge in [0, 0.05) is 11.4 Å². The predicted octanol–water partition coefficient (Wildman–Crippen LogP) is 5.09. The second-order valence-electron chi connectivity index (χ2n) is 5.89. The summed E-state index contributed by atoms with van der Waals surface area (Å²) in [7, 11) is 0. The first kappa shape index (κ1) is 17.2. The Morgan fingerprint density at radius 3 is 2.63 bits per heavy atom. The molecule has 2 aromatic heterocycles. The number of benzene rings is 2. The fourth-order valence-electron chi connectivity index (χ4n) is 2.92. The zero-order valence-electron chi connectivity index (χ0n) is 14.3. The number of aliphatic hydroxyl groups excluding tert-OH is 1. The van der Waals surface area contributed by atoms with Gasteiger partial charge in [-0.25, -0.2) is 4.98 Å². The lowest BCUT2D eigenvalue weighted by Gasteiger charge is -2.08. The summed E-state index contributed by atoms with van der Waals surface area (Å²) in [6, 6.07) is 19.1. The summed E-state index contributed by atoms with van der Waals surface area (Å²) >= 11 is 6.67. The van der Waals surface area contributed by atoms with E-state index in [0.717, 1.165) is 27.4 Å². The zero-order valence-corrected chi connectivity index (χ0v) is 15.9. The number of thiocarbonyl (C=S) groups is 1. The van der Waals surface area contributed by atoms with Gasteiger partial charge in [0.15, 0.2) is 10.7 Å². The highest BCUT2D eigenvalue weighted by molar-refractivity contribution is 7.81. The average Bonchev–Trinajstić information content (AvgIpc) is 3.19. The average molecular weight is 390 g/mol. The third-order valence-electron chi connectivity index (χ3n) is 4.21. The Labute approximate surface area is 164 Å². The van der Waals surface area contributed by atoms with Gasteiger partial charge in [-0.1, -0.05) is 53.9 Å². The molecule has 2 N–H and O–H groups in total. The Hall–Kier alpha value is -3.21. The number of hydrogen-bond acceptors (Lipinski definition) is 5. The van der Waals surface area contributed by atoms with Gasteiger partial charge in [0.05, 0.1) is 15.9 Å². The fourth-order valence-corrected chi connectivity index (χ4v) is 4.27. The molecule has 0 aliphatic rings. The van der Waals surface area contributed by atoms with E-state index in [9.17, 15) is 10.4 Å².